The van der Waals surface area contributed by atoms with Gasteiger partial charge in [0.05, 0.1) is 6.10 Å². The highest BCUT2D eigenvalue weighted by Gasteiger charge is 2.48. The summed E-state index contributed by atoms with van der Waals surface area (Å²) in [6.45, 7) is 3.50. The molecule has 0 unspecified atom stereocenters. The lowest BCUT2D eigenvalue weighted by Crippen LogP contribution is -2.58. The zero-order valence-electron chi connectivity index (χ0n) is 13.6. The van der Waals surface area contributed by atoms with Gasteiger partial charge in [0.2, 0.25) is 0 Å². The lowest BCUT2D eigenvalue weighted by atomic mass is 9.74. The van der Waals surface area contributed by atoms with Crippen LogP contribution in [0.1, 0.15) is 38.7 Å². The molecule has 1 aromatic carbocycles. The molecule has 1 saturated carbocycles. The van der Waals surface area contributed by atoms with Crippen LogP contribution in [0.2, 0.25) is 5.02 Å². The third kappa shape index (κ3) is 3.67. The van der Waals surface area contributed by atoms with Gasteiger partial charge in [0.15, 0.2) is 5.78 Å². The van der Waals surface area contributed by atoms with Crippen molar-refractivity contribution in [2.24, 2.45) is 0 Å². The molecule has 2 atom stereocenters. The molecule has 6 heteroatoms. The van der Waals surface area contributed by atoms with E-state index in [0.717, 1.165) is 6.42 Å². The van der Waals surface area contributed by atoms with E-state index in [9.17, 15) is 9.59 Å². The number of carbonyl (C=O) groups excluding carboxylic acids is 2. The fraction of sp³-hybridized carbons (Fsp3) is 0.529. The van der Waals surface area contributed by atoms with E-state index in [1.807, 2.05) is 0 Å². The Bertz CT molecular complexity index is 590. The fourth-order valence-corrected chi connectivity index (χ4v) is 3.29. The Kier molecular flexibility index (Phi) is 5.65. The van der Waals surface area contributed by atoms with Crippen LogP contribution in [-0.4, -0.2) is 31.2 Å². The first-order chi connectivity index (χ1) is 10.9. The van der Waals surface area contributed by atoms with Gasteiger partial charge in [-0.05, 0) is 39.2 Å². The van der Waals surface area contributed by atoms with Crippen molar-refractivity contribution in [2.75, 3.05) is 7.11 Å². The van der Waals surface area contributed by atoms with Crippen LogP contribution in [-0.2, 0) is 19.8 Å². The molecular formula is C17H22ClNO4. The second kappa shape index (κ2) is 7.32. The van der Waals surface area contributed by atoms with Crippen molar-refractivity contribution in [3.63, 3.8) is 0 Å². The van der Waals surface area contributed by atoms with Crippen LogP contribution in [0.4, 0.5) is 4.79 Å². The van der Waals surface area contributed by atoms with Gasteiger partial charge in [0, 0.05) is 17.7 Å². The van der Waals surface area contributed by atoms with E-state index in [1.54, 1.807) is 38.1 Å². The average molecular weight is 340 g/mol. The van der Waals surface area contributed by atoms with E-state index in [2.05, 4.69) is 5.32 Å². The highest BCUT2D eigenvalue weighted by atomic mass is 35.5. The molecule has 1 aliphatic carbocycles. The molecule has 1 aliphatic rings. The van der Waals surface area contributed by atoms with Crippen LogP contribution in [0.25, 0.3) is 0 Å². The minimum absolute atomic E-state index is 0.194. The molecule has 5 nitrogen and oxygen atoms in total. The van der Waals surface area contributed by atoms with E-state index in [0.29, 0.717) is 23.4 Å². The third-order valence-electron chi connectivity index (χ3n) is 4.01. The zero-order valence-corrected chi connectivity index (χ0v) is 14.4. The maximum Gasteiger partial charge on any atom is 0.408 e. The maximum absolute atomic E-state index is 13.0. The Balaban J connectivity index is 2.44. The molecule has 1 fully saturated rings. The molecule has 1 N–H and O–H groups in total. The number of carbonyl (C=O) groups is 2. The van der Waals surface area contributed by atoms with Gasteiger partial charge in [-0.1, -0.05) is 29.8 Å². The molecule has 126 valence electrons. The Morgan fingerprint density at radius 1 is 1.39 bits per heavy atom. The summed E-state index contributed by atoms with van der Waals surface area (Å²) in [6, 6.07) is 7.04. The van der Waals surface area contributed by atoms with Gasteiger partial charge in [-0.25, -0.2) is 4.79 Å². The summed E-state index contributed by atoms with van der Waals surface area (Å²) in [6.07, 6.45) is 0.335. The lowest BCUT2D eigenvalue weighted by Gasteiger charge is -2.40. The Morgan fingerprint density at radius 3 is 2.70 bits per heavy atom. The maximum atomic E-state index is 13.0. The van der Waals surface area contributed by atoms with Crippen LogP contribution in [0, 0.1) is 0 Å². The summed E-state index contributed by atoms with van der Waals surface area (Å²) < 4.78 is 10.5. The van der Waals surface area contributed by atoms with E-state index >= 15 is 0 Å². The third-order valence-corrected chi connectivity index (χ3v) is 4.34. The van der Waals surface area contributed by atoms with Gasteiger partial charge in [-0.15, -0.1) is 0 Å². The van der Waals surface area contributed by atoms with Crippen LogP contribution < -0.4 is 5.32 Å². The summed E-state index contributed by atoms with van der Waals surface area (Å²) in [5.41, 5.74) is -0.641. The number of benzene rings is 1. The summed E-state index contributed by atoms with van der Waals surface area (Å²) in [5, 5.41) is 3.19. The molecular weight excluding hydrogens is 318 g/mol. The number of halogens is 1. The van der Waals surface area contributed by atoms with Crippen LogP contribution in [0.5, 0.6) is 0 Å². The van der Waals surface area contributed by atoms with Gasteiger partial charge >= 0.3 is 6.09 Å². The number of Topliss-reactive ketones (excluding diaryl/α,β-unsaturated/α-hetero) is 1. The van der Waals surface area contributed by atoms with Crippen molar-refractivity contribution in [3.8, 4) is 0 Å². The van der Waals surface area contributed by atoms with Gasteiger partial charge in [0.1, 0.15) is 11.6 Å². The average Bonchev–Trinajstić information content (AvgIpc) is 2.49. The van der Waals surface area contributed by atoms with Gasteiger partial charge < -0.3 is 14.8 Å². The predicted molar refractivity (Wildman–Crippen MR) is 87.5 cm³/mol. The van der Waals surface area contributed by atoms with E-state index in [1.165, 1.54) is 7.11 Å². The number of ether oxygens (including phenoxy) is 2. The quantitative estimate of drug-likeness (QED) is 0.912. The van der Waals surface area contributed by atoms with Crippen molar-refractivity contribution in [3.05, 3.63) is 34.9 Å². The molecule has 0 radical (unpaired) electrons. The number of nitrogens with one attached hydrogen (secondary N) is 1. The highest BCUT2D eigenvalue weighted by Crippen LogP contribution is 2.39. The Morgan fingerprint density at radius 2 is 2.09 bits per heavy atom. The standard InChI is InChI=1S/C17H22ClNO4/c1-11(2)23-16(21)19-17(12-7-4-5-8-13(12)18)10-6-9-14(22-3)15(17)20/h4-5,7-8,11,14H,6,9-10H2,1-3H3,(H,19,21)/t14-,17-/m1/s1. The summed E-state index contributed by atoms with van der Waals surface area (Å²) in [7, 11) is 1.50. The van der Waals surface area contributed by atoms with Gasteiger partial charge in [0.25, 0.3) is 0 Å². The first-order valence-corrected chi connectivity index (χ1v) is 8.09. The molecule has 1 aromatic rings. The van der Waals surface area contributed by atoms with Crippen molar-refractivity contribution in [1.29, 1.82) is 0 Å². The minimum atomic E-state index is -1.22. The Hall–Kier alpha value is -1.59. The minimum Gasteiger partial charge on any atom is -0.447 e. The summed E-state index contributed by atoms with van der Waals surface area (Å²) >= 11 is 6.31. The number of rotatable bonds is 4. The normalized spacial score (nSPS) is 24.6. The van der Waals surface area contributed by atoms with Gasteiger partial charge in [-0.3, -0.25) is 4.79 Å². The lowest BCUT2D eigenvalue weighted by molar-refractivity contribution is -0.139. The number of ketones is 1. The molecule has 0 aliphatic heterocycles. The van der Waals surface area contributed by atoms with Crippen molar-refractivity contribution in [2.45, 2.75) is 50.9 Å². The molecule has 0 heterocycles. The van der Waals surface area contributed by atoms with E-state index in [4.69, 9.17) is 21.1 Å². The SMILES string of the molecule is CO[C@@H]1CCC[C@@](NC(=O)OC(C)C)(c2ccccc2Cl)C1=O. The first-order valence-electron chi connectivity index (χ1n) is 7.71. The summed E-state index contributed by atoms with van der Waals surface area (Å²) in [5.74, 6) is -0.194. The Labute approximate surface area is 141 Å². The number of methoxy groups -OCH3 is 1. The molecule has 0 spiro atoms. The van der Waals surface area contributed by atoms with E-state index < -0.39 is 17.7 Å². The monoisotopic (exact) mass is 339 g/mol. The molecule has 23 heavy (non-hydrogen) atoms. The number of alkyl carbamates (subject to hydrolysis) is 1. The van der Waals surface area contributed by atoms with Crippen LogP contribution in [0.15, 0.2) is 24.3 Å². The molecule has 0 saturated heterocycles. The number of hydrogen-bond acceptors (Lipinski definition) is 4. The fourth-order valence-electron chi connectivity index (χ4n) is 2.99. The molecule has 1 amide bonds. The number of hydrogen-bond donors (Lipinski definition) is 1. The second-order valence-corrected chi connectivity index (χ2v) is 6.35. The second-order valence-electron chi connectivity index (χ2n) is 5.95. The first kappa shape index (κ1) is 17.8. The molecule has 0 aromatic heterocycles. The van der Waals surface area contributed by atoms with Crippen LogP contribution in [0.3, 0.4) is 0 Å². The van der Waals surface area contributed by atoms with Gasteiger partial charge in [-0.2, -0.15) is 0 Å². The van der Waals surface area contributed by atoms with Crippen LogP contribution >= 0.6 is 11.6 Å². The summed E-state index contributed by atoms with van der Waals surface area (Å²) in [4.78, 5) is 25.2. The van der Waals surface area contributed by atoms with E-state index in [-0.39, 0.29) is 11.9 Å². The zero-order chi connectivity index (χ0) is 17.0. The molecule has 0 bridgehead atoms. The smallest absolute Gasteiger partial charge is 0.408 e. The van der Waals surface area contributed by atoms with Crippen molar-refractivity contribution >= 4 is 23.5 Å². The highest BCUT2D eigenvalue weighted by molar-refractivity contribution is 6.31. The largest absolute Gasteiger partial charge is 0.447 e. The van der Waals surface area contributed by atoms with Crippen molar-refractivity contribution in [1.82, 2.24) is 5.32 Å². The van der Waals surface area contributed by atoms with Crippen molar-refractivity contribution < 1.29 is 19.1 Å². The molecule has 2 rings (SSSR count). The topological polar surface area (TPSA) is 64.6 Å². The predicted octanol–water partition coefficient (Wildman–Crippen LogP) is 3.44. The number of amides is 1.